The van der Waals surface area contributed by atoms with Gasteiger partial charge >= 0.3 is 0 Å². The van der Waals surface area contributed by atoms with E-state index in [9.17, 15) is 0 Å². The summed E-state index contributed by atoms with van der Waals surface area (Å²) in [7, 11) is 3.25. The zero-order valence-electron chi connectivity index (χ0n) is 12.2. The Balaban J connectivity index is 1.74. The summed E-state index contributed by atoms with van der Waals surface area (Å²) in [4.78, 5) is 0. The zero-order valence-corrected chi connectivity index (χ0v) is 12.9. The Labute approximate surface area is 129 Å². The molecule has 110 valence electrons. The standard InChI is InChI=1S/C17H18ClNO2/c1-20-16-9-15(17(21-2)8-14(16)18)19-10-12-7-11-5-3-4-6-13(11)12/h3-6,8-9,12,19H,7,10H2,1-2H3. The van der Waals surface area contributed by atoms with E-state index in [1.165, 1.54) is 11.1 Å². The predicted molar refractivity (Wildman–Crippen MR) is 85.9 cm³/mol. The average Bonchev–Trinajstić information content (AvgIpc) is 2.49. The Morgan fingerprint density at radius 3 is 2.62 bits per heavy atom. The second-order valence-electron chi connectivity index (χ2n) is 5.17. The third-order valence-electron chi connectivity index (χ3n) is 3.97. The first-order valence-corrected chi connectivity index (χ1v) is 7.34. The fourth-order valence-corrected chi connectivity index (χ4v) is 3.01. The van der Waals surface area contributed by atoms with Gasteiger partial charge in [0.25, 0.3) is 0 Å². The minimum atomic E-state index is 0.549. The Kier molecular flexibility index (Phi) is 3.93. The molecule has 0 saturated heterocycles. The third-order valence-corrected chi connectivity index (χ3v) is 4.27. The zero-order chi connectivity index (χ0) is 14.8. The highest BCUT2D eigenvalue weighted by Crippen LogP contribution is 2.38. The van der Waals surface area contributed by atoms with Gasteiger partial charge in [-0.15, -0.1) is 0 Å². The molecule has 1 aliphatic carbocycles. The molecule has 0 aliphatic heterocycles. The first-order chi connectivity index (χ1) is 10.2. The van der Waals surface area contributed by atoms with Crippen molar-refractivity contribution in [1.82, 2.24) is 0 Å². The van der Waals surface area contributed by atoms with Crippen LogP contribution in [-0.2, 0) is 6.42 Å². The second kappa shape index (κ2) is 5.86. The number of anilines is 1. The highest BCUT2D eigenvalue weighted by atomic mass is 35.5. The Morgan fingerprint density at radius 1 is 1.14 bits per heavy atom. The van der Waals surface area contributed by atoms with E-state index < -0.39 is 0 Å². The molecule has 0 heterocycles. The van der Waals surface area contributed by atoms with Crippen LogP contribution in [0.3, 0.4) is 0 Å². The number of hydrogen-bond donors (Lipinski definition) is 1. The molecule has 0 saturated carbocycles. The maximum Gasteiger partial charge on any atom is 0.143 e. The molecule has 1 atom stereocenters. The Hall–Kier alpha value is -1.87. The van der Waals surface area contributed by atoms with Gasteiger partial charge in [0, 0.05) is 24.6 Å². The van der Waals surface area contributed by atoms with E-state index in [1.807, 2.05) is 6.07 Å². The van der Waals surface area contributed by atoms with Crippen molar-refractivity contribution in [1.29, 1.82) is 0 Å². The van der Waals surface area contributed by atoms with Gasteiger partial charge in [-0.2, -0.15) is 0 Å². The van der Waals surface area contributed by atoms with E-state index in [0.29, 0.717) is 16.7 Å². The van der Waals surface area contributed by atoms with Crippen molar-refractivity contribution in [3.63, 3.8) is 0 Å². The molecule has 0 aromatic heterocycles. The van der Waals surface area contributed by atoms with Crippen molar-refractivity contribution in [3.8, 4) is 11.5 Å². The SMILES string of the molecule is COc1cc(NCC2Cc3ccccc32)c(OC)cc1Cl. The lowest BCUT2D eigenvalue weighted by Crippen LogP contribution is -2.24. The van der Waals surface area contributed by atoms with E-state index in [-0.39, 0.29) is 0 Å². The number of rotatable bonds is 5. The normalized spacial score (nSPS) is 15.9. The van der Waals surface area contributed by atoms with Crippen LogP contribution in [0.5, 0.6) is 11.5 Å². The van der Waals surface area contributed by atoms with Gasteiger partial charge in [0.1, 0.15) is 11.5 Å². The summed E-state index contributed by atoms with van der Waals surface area (Å²) in [6.07, 6.45) is 1.12. The maximum absolute atomic E-state index is 6.12. The minimum Gasteiger partial charge on any atom is -0.495 e. The largest absolute Gasteiger partial charge is 0.495 e. The van der Waals surface area contributed by atoms with Crippen molar-refractivity contribution in [2.75, 3.05) is 26.1 Å². The van der Waals surface area contributed by atoms with Crippen LogP contribution < -0.4 is 14.8 Å². The molecule has 4 heteroatoms. The van der Waals surface area contributed by atoms with Crippen molar-refractivity contribution >= 4 is 17.3 Å². The van der Waals surface area contributed by atoms with Crippen molar-refractivity contribution < 1.29 is 9.47 Å². The molecule has 3 nitrogen and oxygen atoms in total. The molecule has 3 rings (SSSR count). The summed E-state index contributed by atoms with van der Waals surface area (Å²) in [5.74, 6) is 1.93. The second-order valence-corrected chi connectivity index (χ2v) is 5.57. The summed E-state index contributed by atoms with van der Waals surface area (Å²) < 4.78 is 10.6. The highest BCUT2D eigenvalue weighted by molar-refractivity contribution is 6.32. The van der Waals surface area contributed by atoms with Crippen LogP contribution in [0.25, 0.3) is 0 Å². The van der Waals surface area contributed by atoms with Crippen molar-refractivity contribution in [3.05, 3.63) is 52.5 Å². The van der Waals surface area contributed by atoms with Crippen LogP contribution in [-0.4, -0.2) is 20.8 Å². The number of nitrogens with one attached hydrogen (secondary N) is 1. The molecular formula is C17H18ClNO2. The molecule has 21 heavy (non-hydrogen) atoms. The van der Waals surface area contributed by atoms with Crippen LogP contribution in [0.4, 0.5) is 5.69 Å². The number of halogens is 1. The summed E-state index contributed by atoms with van der Waals surface area (Å²) >= 11 is 6.12. The molecule has 1 unspecified atom stereocenters. The molecule has 1 aliphatic rings. The van der Waals surface area contributed by atoms with Gasteiger partial charge in [-0.3, -0.25) is 0 Å². The molecule has 0 fully saturated rings. The smallest absolute Gasteiger partial charge is 0.143 e. The number of ether oxygens (including phenoxy) is 2. The topological polar surface area (TPSA) is 30.5 Å². The lowest BCUT2D eigenvalue weighted by molar-refractivity contribution is 0.404. The van der Waals surface area contributed by atoms with Gasteiger partial charge in [-0.1, -0.05) is 35.9 Å². The average molecular weight is 304 g/mol. The van der Waals surface area contributed by atoms with E-state index in [0.717, 1.165) is 24.4 Å². The van der Waals surface area contributed by atoms with Gasteiger partial charge in [0.05, 0.1) is 24.9 Å². The Morgan fingerprint density at radius 2 is 1.90 bits per heavy atom. The highest BCUT2D eigenvalue weighted by Gasteiger charge is 2.25. The molecule has 0 spiro atoms. The number of fused-ring (bicyclic) bond motifs is 1. The fourth-order valence-electron chi connectivity index (χ4n) is 2.78. The number of benzene rings is 2. The lowest BCUT2D eigenvalue weighted by atomic mass is 9.77. The van der Waals surface area contributed by atoms with Crippen LogP contribution in [0, 0.1) is 0 Å². The van der Waals surface area contributed by atoms with E-state index in [4.69, 9.17) is 21.1 Å². The van der Waals surface area contributed by atoms with Crippen LogP contribution in [0.1, 0.15) is 17.0 Å². The summed E-state index contributed by atoms with van der Waals surface area (Å²) in [5, 5.41) is 4.00. The van der Waals surface area contributed by atoms with Crippen molar-refractivity contribution in [2.24, 2.45) is 0 Å². The van der Waals surface area contributed by atoms with Crippen molar-refractivity contribution in [2.45, 2.75) is 12.3 Å². The van der Waals surface area contributed by atoms with E-state index >= 15 is 0 Å². The summed E-state index contributed by atoms with van der Waals surface area (Å²) in [5.41, 5.74) is 3.79. The Bertz CT molecular complexity index is 657. The van der Waals surface area contributed by atoms with Gasteiger partial charge in [-0.25, -0.2) is 0 Å². The van der Waals surface area contributed by atoms with E-state index in [2.05, 4.69) is 29.6 Å². The molecule has 0 bridgehead atoms. The first-order valence-electron chi connectivity index (χ1n) is 6.96. The molecule has 0 amide bonds. The molecular weight excluding hydrogens is 286 g/mol. The molecule has 2 aromatic rings. The van der Waals surface area contributed by atoms with Gasteiger partial charge < -0.3 is 14.8 Å². The lowest BCUT2D eigenvalue weighted by Gasteiger charge is -2.30. The number of hydrogen-bond acceptors (Lipinski definition) is 3. The van der Waals surface area contributed by atoms with Crippen LogP contribution >= 0.6 is 11.6 Å². The predicted octanol–water partition coefficient (Wildman–Crippen LogP) is 4.11. The third kappa shape index (κ3) is 2.66. The molecule has 2 aromatic carbocycles. The fraction of sp³-hybridized carbons (Fsp3) is 0.294. The minimum absolute atomic E-state index is 0.549. The van der Waals surface area contributed by atoms with Crippen LogP contribution in [0.15, 0.2) is 36.4 Å². The quantitative estimate of drug-likeness (QED) is 0.901. The molecule has 1 N–H and O–H groups in total. The summed E-state index contributed by atoms with van der Waals surface area (Å²) in [6.45, 7) is 0.873. The number of methoxy groups -OCH3 is 2. The van der Waals surface area contributed by atoms with E-state index in [1.54, 1.807) is 20.3 Å². The molecule has 0 radical (unpaired) electrons. The summed E-state index contributed by atoms with van der Waals surface area (Å²) in [6, 6.07) is 12.2. The van der Waals surface area contributed by atoms with Crippen LogP contribution in [0.2, 0.25) is 5.02 Å². The van der Waals surface area contributed by atoms with Gasteiger partial charge in [-0.05, 0) is 17.5 Å². The maximum atomic E-state index is 6.12. The van der Waals surface area contributed by atoms with Gasteiger partial charge in [0.2, 0.25) is 0 Å². The van der Waals surface area contributed by atoms with Gasteiger partial charge in [0.15, 0.2) is 0 Å². The first kappa shape index (κ1) is 14.1. The monoisotopic (exact) mass is 303 g/mol.